The van der Waals surface area contributed by atoms with Crippen molar-refractivity contribution >= 4 is 39.8 Å². The molecule has 0 aliphatic rings. The van der Waals surface area contributed by atoms with Crippen molar-refractivity contribution in [3.05, 3.63) is 81.0 Å². The first-order valence-corrected chi connectivity index (χ1v) is 12.0. The summed E-state index contributed by atoms with van der Waals surface area (Å²) in [7, 11) is 0. The molecule has 0 atom stereocenters. The predicted molar refractivity (Wildman–Crippen MR) is 143 cm³/mol. The average molecular weight is 456 g/mol. The lowest BCUT2D eigenvalue weighted by Crippen LogP contribution is -2.27. The number of furan rings is 1. The van der Waals surface area contributed by atoms with Crippen molar-refractivity contribution in [2.45, 2.75) is 60.3 Å². The molecule has 176 valence electrons. The Hall–Kier alpha value is -3.20. The maximum atomic E-state index is 14.9. The highest BCUT2D eigenvalue weighted by atomic mass is 19.1. The molecule has 1 N–H and O–H groups in total. The van der Waals surface area contributed by atoms with Crippen molar-refractivity contribution < 1.29 is 8.81 Å². The molecule has 1 heterocycles. The van der Waals surface area contributed by atoms with Gasteiger partial charge in [-0.2, -0.15) is 0 Å². The normalized spacial score (nSPS) is 13.9. The summed E-state index contributed by atoms with van der Waals surface area (Å²) in [4.78, 5) is 0. The first-order chi connectivity index (χ1) is 16.0. The van der Waals surface area contributed by atoms with Gasteiger partial charge < -0.3 is 9.83 Å². The number of aryl methyl sites for hydroxylation is 1. The van der Waals surface area contributed by atoms with Gasteiger partial charge in [-0.15, -0.1) is 0 Å². The molecular formula is C31H34FNO. The SMILES string of the molecule is C/C(c1cc(C)cc2c1oc1cc(F)c(C(C)(C)C)cc12)=c1/ccc(CC(C)C)c/c1=C/C=N. The van der Waals surface area contributed by atoms with Gasteiger partial charge in [-0.1, -0.05) is 52.8 Å². The van der Waals surface area contributed by atoms with Crippen molar-refractivity contribution in [3.8, 4) is 0 Å². The molecule has 0 spiro atoms. The van der Waals surface area contributed by atoms with E-state index in [9.17, 15) is 4.39 Å². The molecule has 4 rings (SSSR count). The monoisotopic (exact) mass is 455 g/mol. The highest BCUT2D eigenvalue weighted by Crippen LogP contribution is 2.37. The molecule has 34 heavy (non-hydrogen) atoms. The quantitative estimate of drug-likeness (QED) is 0.325. The van der Waals surface area contributed by atoms with Crippen LogP contribution in [0.1, 0.15) is 63.8 Å². The van der Waals surface area contributed by atoms with Gasteiger partial charge in [-0.25, -0.2) is 4.39 Å². The Kier molecular flexibility index (Phi) is 6.24. The van der Waals surface area contributed by atoms with E-state index in [2.05, 4.69) is 58.0 Å². The van der Waals surface area contributed by atoms with Crippen LogP contribution >= 0.6 is 0 Å². The fraction of sp³-hybridized carbons (Fsp3) is 0.323. The number of fused-ring (bicyclic) bond motifs is 3. The number of hydrogen-bond acceptors (Lipinski definition) is 2. The lowest BCUT2D eigenvalue weighted by molar-refractivity contribution is 0.522. The van der Waals surface area contributed by atoms with Gasteiger partial charge in [0.1, 0.15) is 17.0 Å². The molecule has 4 aromatic rings. The largest absolute Gasteiger partial charge is 0.455 e. The van der Waals surface area contributed by atoms with Crippen LogP contribution in [-0.2, 0) is 11.8 Å². The lowest BCUT2D eigenvalue weighted by atomic mass is 9.85. The fourth-order valence-corrected chi connectivity index (χ4v) is 4.82. The van der Waals surface area contributed by atoms with Crippen LogP contribution in [0, 0.1) is 24.1 Å². The summed E-state index contributed by atoms with van der Waals surface area (Å²) in [6.07, 6.45) is 4.19. The van der Waals surface area contributed by atoms with Gasteiger partial charge in [-0.05, 0) is 88.6 Å². The highest BCUT2D eigenvalue weighted by molar-refractivity contribution is 6.08. The fourth-order valence-electron chi connectivity index (χ4n) is 4.82. The predicted octanol–water partition coefficient (Wildman–Crippen LogP) is 7.18. The van der Waals surface area contributed by atoms with Gasteiger partial charge in [-0.3, -0.25) is 0 Å². The second-order valence-electron chi connectivity index (χ2n) is 10.8. The lowest BCUT2D eigenvalue weighted by Gasteiger charge is -2.19. The summed E-state index contributed by atoms with van der Waals surface area (Å²) in [5.41, 5.74) is 6.20. The van der Waals surface area contributed by atoms with Crippen LogP contribution < -0.4 is 10.4 Å². The molecule has 0 saturated heterocycles. The molecule has 0 unspecified atom stereocenters. The zero-order chi connectivity index (χ0) is 24.8. The van der Waals surface area contributed by atoms with Crippen LogP contribution in [0.15, 0.2) is 46.9 Å². The Balaban J connectivity index is 2.05. The van der Waals surface area contributed by atoms with Gasteiger partial charge in [0.25, 0.3) is 0 Å². The molecule has 0 fully saturated rings. The Morgan fingerprint density at radius 3 is 2.44 bits per heavy atom. The molecule has 1 aromatic heterocycles. The van der Waals surface area contributed by atoms with Gasteiger partial charge in [0, 0.05) is 28.6 Å². The minimum Gasteiger partial charge on any atom is -0.455 e. The maximum Gasteiger partial charge on any atom is 0.142 e. The first kappa shape index (κ1) is 23.9. The Morgan fingerprint density at radius 1 is 1.06 bits per heavy atom. The number of hydrogen-bond donors (Lipinski definition) is 1. The summed E-state index contributed by atoms with van der Waals surface area (Å²) in [6.45, 7) is 14.7. The Bertz CT molecular complexity index is 1530. The van der Waals surface area contributed by atoms with Crippen LogP contribution in [0.4, 0.5) is 4.39 Å². The van der Waals surface area contributed by atoms with E-state index >= 15 is 0 Å². The summed E-state index contributed by atoms with van der Waals surface area (Å²) in [6, 6.07) is 14.2. The zero-order valence-electron chi connectivity index (χ0n) is 21.3. The molecule has 0 radical (unpaired) electrons. The van der Waals surface area contributed by atoms with Crippen molar-refractivity contribution in [2.24, 2.45) is 5.92 Å². The third-order valence-electron chi connectivity index (χ3n) is 6.44. The van der Waals surface area contributed by atoms with Crippen LogP contribution in [0.3, 0.4) is 0 Å². The van der Waals surface area contributed by atoms with E-state index in [0.29, 0.717) is 17.1 Å². The van der Waals surface area contributed by atoms with E-state index < -0.39 is 0 Å². The van der Waals surface area contributed by atoms with Gasteiger partial charge in [0.05, 0.1) is 0 Å². The maximum absolute atomic E-state index is 14.9. The molecule has 0 saturated carbocycles. The van der Waals surface area contributed by atoms with Crippen LogP contribution in [0.5, 0.6) is 0 Å². The molecule has 0 bridgehead atoms. The Morgan fingerprint density at radius 2 is 1.79 bits per heavy atom. The minimum atomic E-state index is -0.300. The molecule has 0 amide bonds. The van der Waals surface area contributed by atoms with Crippen molar-refractivity contribution in [3.63, 3.8) is 0 Å². The summed E-state index contributed by atoms with van der Waals surface area (Å²) < 4.78 is 21.2. The summed E-state index contributed by atoms with van der Waals surface area (Å²) in [5.74, 6) is 0.329. The van der Waals surface area contributed by atoms with Crippen molar-refractivity contribution in [2.75, 3.05) is 0 Å². The van der Waals surface area contributed by atoms with E-state index in [1.54, 1.807) is 0 Å². The zero-order valence-corrected chi connectivity index (χ0v) is 21.3. The molecule has 0 aliphatic carbocycles. The minimum absolute atomic E-state index is 0.235. The number of nitrogens with one attached hydrogen (secondary N) is 1. The van der Waals surface area contributed by atoms with Crippen LogP contribution in [0.2, 0.25) is 0 Å². The molecule has 2 nitrogen and oxygen atoms in total. The standard InChI is InChI=1S/C31H34FNO/c1-18(2)12-21-8-9-23(22(15-21)10-11-33)20(4)24-13-19(3)14-26-25-16-27(31(5,6)7)28(32)17-29(25)34-30(24)26/h8-11,13-18,33H,12H2,1-7H3/b22-10-,23-20+,33-11?. The van der Waals surface area contributed by atoms with E-state index in [0.717, 1.165) is 49.9 Å². The molecular weight excluding hydrogens is 421 g/mol. The number of benzene rings is 3. The van der Waals surface area contributed by atoms with Crippen molar-refractivity contribution in [1.29, 1.82) is 5.41 Å². The molecule has 0 aliphatic heterocycles. The second kappa shape index (κ2) is 8.87. The van der Waals surface area contributed by atoms with Gasteiger partial charge >= 0.3 is 0 Å². The number of rotatable bonds is 4. The number of halogens is 1. The third-order valence-corrected chi connectivity index (χ3v) is 6.44. The summed E-state index contributed by atoms with van der Waals surface area (Å²) >= 11 is 0. The third kappa shape index (κ3) is 4.44. The van der Waals surface area contributed by atoms with Gasteiger partial charge in [0.2, 0.25) is 0 Å². The molecule has 3 heteroatoms. The van der Waals surface area contributed by atoms with Crippen LogP contribution in [0.25, 0.3) is 33.6 Å². The van der Waals surface area contributed by atoms with E-state index in [4.69, 9.17) is 9.83 Å². The van der Waals surface area contributed by atoms with Crippen LogP contribution in [-0.4, -0.2) is 6.21 Å². The summed E-state index contributed by atoms with van der Waals surface area (Å²) in [5, 5.41) is 11.7. The smallest absolute Gasteiger partial charge is 0.142 e. The van der Waals surface area contributed by atoms with E-state index in [-0.39, 0.29) is 11.2 Å². The van der Waals surface area contributed by atoms with E-state index in [1.165, 1.54) is 17.8 Å². The first-order valence-electron chi connectivity index (χ1n) is 12.0. The second-order valence-corrected chi connectivity index (χ2v) is 10.8. The average Bonchev–Trinajstić information content (AvgIpc) is 3.08. The Labute approximate surface area is 201 Å². The topological polar surface area (TPSA) is 37.0 Å². The van der Waals surface area contributed by atoms with Gasteiger partial charge in [0.15, 0.2) is 0 Å². The van der Waals surface area contributed by atoms with Crippen molar-refractivity contribution in [1.82, 2.24) is 0 Å². The van der Waals surface area contributed by atoms with E-state index in [1.807, 2.05) is 32.9 Å². The highest BCUT2D eigenvalue weighted by Gasteiger charge is 2.22. The molecule has 3 aromatic carbocycles.